The molecule has 1 atom stereocenters. The molecule has 2 aromatic carbocycles. The van der Waals surface area contributed by atoms with E-state index in [2.05, 4.69) is 50.2 Å². The van der Waals surface area contributed by atoms with Crippen LogP contribution in [-0.4, -0.2) is 14.2 Å². The number of hydrogen-bond acceptors (Lipinski definition) is 3. The number of halogens is 2. The highest BCUT2D eigenvalue weighted by Gasteiger charge is 2.13. The van der Waals surface area contributed by atoms with Crippen LogP contribution in [0.25, 0.3) is 0 Å². The number of hydrogen-bond donors (Lipinski definition) is 1. The Hall–Kier alpha value is -1.20. The number of methoxy groups -OCH3 is 2. The molecule has 0 spiro atoms. The molecule has 2 rings (SSSR count). The monoisotopic (exact) mass is 413 g/mol. The summed E-state index contributed by atoms with van der Waals surface area (Å²) in [5.41, 5.74) is 2.07. The first-order valence-electron chi connectivity index (χ1n) is 6.49. The molecule has 21 heavy (non-hydrogen) atoms. The summed E-state index contributed by atoms with van der Waals surface area (Å²) in [6, 6.07) is 12.0. The molecule has 0 aliphatic rings. The van der Waals surface area contributed by atoms with Crippen LogP contribution in [0.5, 0.6) is 11.5 Å². The molecule has 112 valence electrons. The average Bonchev–Trinajstić information content (AvgIpc) is 2.49. The van der Waals surface area contributed by atoms with Crippen LogP contribution in [0, 0.1) is 0 Å². The Labute approximate surface area is 141 Å². The van der Waals surface area contributed by atoms with Gasteiger partial charge >= 0.3 is 0 Å². The minimum Gasteiger partial charge on any atom is -0.496 e. The molecule has 1 unspecified atom stereocenters. The van der Waals surface area contributed by atoms with Crippen molar-refractivity contribution in [3.05, 3.63) is 50.9 Å². The molecular weight excluding hydrogens is 398 g/mol. The zero-order valence-corrected chi connectivity index (χ0v) is 15.3. The lowest BCUT2D eigenvalue weighted by Crippen LogP contribution is -2.08. The third-order valence-corrected chi connectivity index (χ3v) is 4.49. The van der Waals surface area contributed by atoms with Gasteiger partial charge in [-0.2, -0.15) is 0 Å². The molecule has 0 saturated heterocycles. The SMILES string of the molecule is COc1cc(NC(C)c2ccccc2OC)c(Br)cc1Br. The Morgan fingerprint density at radius 2 is 1.62 bits per heavy atom. The summed E-state index contributed by atoms with van der Waals surface area (Å²) >= 11 is 7.04. The Balaban J connectivity index is 2.29. The Morgan fingerprint density at radius 3 is 2.29 bits per heavy atom. The van der Waals surface area contributed by atoms with Crippen LogP contribution in [0.1, 0.15) is 18.5 Å². The number of rotatable bonds is 5. The van der Waals surface area contributed by atoms with E-state index >= 15 is 0 Å². The highest BCUT2D eigenvalue weighted by Crippen LogP contribution is 2.37. The van der Waals surface area contributed by atoms with E-state index in [1.807, 2.05) is 30.3 Å². The largest absolute Gasteiger partial charge is 0.496 e. The molecular formula is C16H17Br2NO2. The lowest BCUT2D eigenvalue weighted by atomic mass is 10.1. The minimum atomic E-state index is 0.100. The van der Waals surface area contributed by atoms with Crippen molar-refractivity contribution < 1.29 is 9.47 Å². The minimum absolute atomic E-state index is 0.100. The first-order valence-corrected chi connectivity index (χ1v) is 8.08. The maximum atomic E-state index is 5.41. The molecule has 0 bridgehead atoms. The second kappa shape index (κ2) is 7.18. The van der Waals surface area contributed by atoms with Gasteiger partial charge in [0.2, 0.25) is 0 Å². The fourth-order valence-corrected chi connectivity index (χ4v) is 3.40. The summed E-state index contributed by atoms with van der Waals surface area (Å²) in [6.45, 7) is 2.10. The number of nitrogens with one attached hydrogen (secondary N) is 1. The summed E-state index contributed by atoms with van der Waals surface area (Å²) < 4.78 is 12.6. The van der Waals surface area contributed by atoms with Crippen molar-refractivity contribution >= 4 is 37.5 Å². The number of benzene rings is 2. The van der Waals surface area contributed by atoms with Crippen molar-refractivity contribution in [2.24, 2.45) is 0 Å². The van der Waals surface area contributed by atoms with Gasteiger partial charge in [-0.3, -0.25) is 0 Å². The number of para-hydroxylation sites is 1. The van der Waals surface area contributed by atoms with Crippen LogP contribution in [0.3, 0.4) is 0 Å². The summed E-state index contributed by atoms with van der Waals surface area (Å²) in [5, 5.41) is 3.48. The van der Waals surface area contributed by atoms with E-state index in [1.54, 1.807) is 14.2 Å². The molecule has 0 aromatic heterocycles. The predicted octanol–water partition coefficient (Wildman–Crippen LogP) is 5.40. The van der Waals surface area contributed by atoms with E-state index in [0.29, 0.717) is 0 Å². The maximum Gasteiger partial charge on any atom is 0.135 e. The van der Waals surface area contributed by atoms with Gasteiger partial charge in [0.05, 0.1) is 30.4 Å². The van der Waals surface area contributed by atoms with E-state index in [1.165, 1.54) is 0 Å². The second-order valence-electron chi connectivity index (χ2n) is 4.57. The van der Waals surface area contributed by atoms with Gasteiger partial charge < -0.3 is 14.8 Å². The average molecular weight is 415 g/mol. The highest BCUT2D eigenvalue weighted by atomic mass is 79.9. The van der Waals surface area contributed by atoms with Crippen LogP contribution in [0.15, 0.2) is 45.3 Å². The fourth-order valence-electron chi connectivity index (χ4n) is 2.13. The summed E-state index contributed by atoms with van der Waals surface area (Å²) in [5.74, 6) is 1.66. The lowest BCUT2D eigenvalue weighted by molar-refractivity contribution is 0.408. The topological polar surface area (TPSA) is 30.5 Å². The molecule has 0 aliphatic heterocycles. The van der Waals surface area contributed by atoms with Crippen molar-refractivity contribution in [2.75, 3.05) is 19.5 Å². The highest BCUT2D eigenvalue weighted by molar-refractivity contribution is 9.11. The Kier molecular flexibility index (Phi) is 5.53. The maximum absolute atomic E-state index is 5.41. The molecule has 3 nitrogen and oxygen atoms in total. The van der Waals surface area contributed by atoms with Crippen molar-refractivity contribution in [1.29, 1.82) is 0 Å². The smallest absolute Gasteiger partial charge is 0.135 e. The summed E-state index contributed by atoms with van der Waals surface area (Å²) in [4.78, 5) is 0. The van der Waals surface area contributed by atoms with E-state index in [9.17, 15) is 0 Å². The molecule has 0 saturated carbocycles. The molecule has 2 aromatic rings. The zero-order valence-electron chi connectivity index (χ0n) is 12.1. The predicted molar refractivity (Wildman–Crippen MR) is 93.4 cm³/mol. The van der Waals surface area contributed by atoms with Crippen molar-refractivity contribution in [1.82, 2.24) is 0 Å². The Bertz CT molecular complexity index is 632. The van der Waals surface area contributed by atoms with Crippen LogP contribution in [0.2, 0.25) is 0 Å². The molecule has 0 radical (unpaired) electrons. The molecule has 0 heterocycles. The normalized spacial score (nSPS) is 11.9. The Morgan fingerprint density at radius 1 is 0.952 bits per heavy atom. The van der Waals surface area contributed by atoms with Gasteiger partial charge in [-0.15, -0.1) is 0 Å². The van der Waals surface area contributed by atoms with Crippen molar-refractivity contribution in [2.45, 2.75) is 13.0 Å². The molecule has 0 aliphatic carbocycles. The molecule has 5 heteroatoms. The summed E-state index contributed by atoms with van der Waals surface area (Å²) in [6.07, 6.45) is 0. The fraction of sp³-hybridized carbons (Fsp3) is 0.250. The van der Waals surface area contributed by atoms with Gasteiger partial charge in [0, 0.05) is 16.1 Å². The van der Waals surface area contributed by atoms with E-state index in [4.69, 9.17) is 9.47 Å². The third-order valence-electron chi connectivity index (χ3n) is 3.22. The van der Waals surface area contributed by atoms with Gasteiger partial charge in [0.25, 0.3) is 0 Å². The number of ether oxygens (including phenoxy) is 2. The molecule has 1 N–H and O–H groups in total. The summed E-state index contributed by atoms with van der Waals surface area (Å²) in [7, 11) is 3.34. The van der Waals surface area contributed by atoms with Crippen LogP contribution >= 0.6 is 31.9 Å². The van der Waals surface area contributed by atoms with Crippen LogP contribution in [-0.2, 0) is 0 Å². The standard InChI is InChI=1S/C16H17Br2NO2/c1-10(11-6-4-5-7-15(11)20-2)19-14-9-16(21-3)13(18)8-12(14)17/h4-10,19H,1-3H3. The first kappa shape index (κ1) is 16.2. The van der Waals surface area contributed by atoms with Crippen LogP contribution in [0.4, 0.5) is 5.69 Å². The number of anilines is 1. The van der Waals surface area contributed by atoms with Gasteiger partial charge in [0.15, 0.2) is 0 Å². The molecule has 0 fully saturated rings. The van der Waals surface area contributed by atoms with Crippen molar-refractivity contribution in [3.8, 4) is 11.5 Å². The van der Waals surface area contributed by atoms with Gasteiger partial charge in [0.1, 0.15) is 11.5 Å². The second-order valence-corrected chi connectivity index (χ2v) is 6.28. The van der Waals surface area contributed by atoms with Gasteiger partial charge in [-0.25, -0.2) is 0 Å². The van der Waals surface area contributed by atoms with Crippen molar-refractivity contribution in [3.63, 3.8) is 0 Å². The van der Waals surface area contributed by atoms with E-state index < -0.39 is 0 Å². The quantitative estimate of drug-likeness (QED) is 0.710. The third kappa shape index (κ3) is 3.71. The van der Waals surface area contributed by atoms with Gasteiger partial charge in [-0.05, 0) is 50.9 Å². The zero-order chi connectivity index (χ0) is 15.4. The first-order chi connectivity index (χ1) is 10.1. The van der Waals surface area contributed by atoms with Gasteiger partial charge in [-0.1, -0.05) is 18.2 Å². The molecule has 0 amide bonds. The van der Waals surface area contributed by atoms with E-state index in [0.717, 1.165) is 31.7 Å². The lowest BCUT2D eigenvalue weighted by Gasteiger charge is -2.20. The van der Waals surface area contributed by atoms with E-state index in [-0.39, 0.29) is 6.04 Å². The van der Waals surface area contributed by atoms with Crippen LogP contribution < -0.4 is 14.8 Å².